The number of benzene rings is 1. The van der Waals surface area contributed by atoms with Crippen LogP contribution < -0.4 is 20.5 Å². The smallest absolute Gasteiger partial charge is 0.162 e. The van der Waals surface area contributed by atoms with E-state index in [-0.39, 0.29) is 0 Å². The topological polar surface area (TPSA) is 65.7 Å². The lowest BCUT2D eigenvalue weighted by Crippen LogP contribution is -2.13. The Hall–Kier alpha value is -1.62. The summed E-state index contributed by atoms with van der Waals surface area (Å²) >= 11 is 0. The second kappa shape index (κ2) is 6.52. The normalized spacial score (nSPS) is 18.3. The first kappa shape index (κ1) is 13.8. The maximum atomic E-state index is 5.99. The highest BCUT2D eigenvalue weighted by Gasteiger charge is 2.15. The van der Waals surface area contributed by atoms with Crippen LogP contribution in [0, 0.1) is 0 Å². The van der Waals surface area contributed by atoms with Crippen LogP contribution in [0.25, 0.3) is 0 Å². The van der Waals surface area contributed by atoms with E-state index in [0.717, 1.165) is 31.7 Å². The molecule has 0 amide bonds. The monoisotopic (exact) mass is 266 g/mol. The summed E-state index contributed by atoms with van der Waals surface area (Å²) in [5.74, 6) is 1.32. The van der Waals surface area contributed by atoms with Crippen molar-refractivity contribution in [3.8, 4) is 11.5 Å². The predicted octanol–water partition coefficient (Wildman–Crippen LogP) is 2.27. The molecule has 0 aromatic heterocycles. The van der Waals surface area contributed by atoms with E-state index in [1.54, 1.807) is 20.3 Å². The van der Waals surface area contributed by atoms with Gasteiger partial charge < -0.3 is 25.3 Å². The van der Waals surface area contributed by atoms with Gasteiger partial charge in [-0.15, -0.1) is 0 Å². The average molecular weight is 266 g/mol. The van der Waals surface area contributed by atoms with Gasteiger partial charge in [-0.05, 0) is 19.3 Å². The lowest BCUT2D eigenvalue weighted by molar-refractivity contribution is 0.107. The first-order valence-corrected chi connectivity index (χ1v) is 6.61. The molecule has 3 N–H and O–H groups in total. The molecule has 0 saturated carbocycles. The van der Waals surface area contributed by atoms with E-state index in [9.17, 15) is 0 Å². The Balaban J connectivity index is 1.95. The fraction of sp³-hybridized carbons (Fsp3) is 0.571. The lowest BCUT2D eigenvalue weighted by atomic mass is 10.2. The van der Waals surface area contributed by atoms with Crippen LogP contribution in [0.4, 0.5) is 11.4 Å². The van der Waals surface area contributed by atoms with E-state index >= 15 is 0 Å². The molecule has 1 saturated heterocycles. The molecule has 0 spiro atoms. The van der Waals surface area contributed by atoms with Crippen molar-refractivity contribution in [2.75, 3.05) is 38.4 Å². The first-order valence-electron chi connectivity index (χ1n) is 6.61. The van der Waals surface area contributed by atoms with E-state index in [1.807, 2.05) is 6.07 Å². The van der Waals surface area contributed by atoms with Crippen LogP contribution in [0.1, 0.15) is 19.3 Å². The maximum absolute atomic E-state index is 5.99. The Morgan fingerprint density at radius 2 is 2.05 bits per heavy atom. The van der Waals surface area contributed by atoms with Gasteiger partial charge in [-0.1, -0.05) is 0 Å². The molecule has 5 heteroatoms. The van der Waals surface area contributed by atoms with Gasteiger partial charge in [0.1, 0.15) is 0 Å². The third-order valence-electron chi connectivity index (χ3n) is 3.36. The number of anilines is 2. The number of ether oxygens (including phenoxy) is 3. The van der Waals surface area contributed by atoms with Crippen LogP contribution in [0.15, 0.2) is 12.1 Å². The molecule has 1 atom stereocenters. The van der Waals surface area contributed by atoms with E-state index in [0.29, 0.717) is 23.3 Å². The number of methoxy groups -OCH3 is 2. The summed E-state index contributed by atoms with van der Waals surface area (Å²) in [5, 5.41) is 3.33. The van der Waals surface area contributed by atoms with Gasteiger partial charge in [-0.2, -0.15) is 0 Å². The van der Waals surface area contributed by atoms with Gasteiger partial charge in [0.15, 0.2) is 11.5 Å². The molecule has 0 radical (unpaired) electrons. The summed E-state index contributed by atoms with van der Waals surface area (Å²) in [7, 11) is 3.21. The first-order chi connectivity index (χ1) is 9.24. The predicted molar refractivity (Wildman–Crippen MR) is 76.0 cm³/mol. The van der Waals surface area contributed by atoms with Gasteiger partial charge in [0.05, 0.1) is 31.7 Å². The van der Waals surface area contributed by atoms with E-state index in [2.05, 4.69) is 5.32 Å². The van der Waals surface area contributed by atoms with E-state index < -0.39 is 0 Å². The molecule has 1 heterocycles. The molecule has 106 valence electrons. The standard InChI is InChI=1S/C14H22N2O3/c1-17-13-8-11(15)12(9-14(13)18-2)16-6-5-10-4-3-7-19-10/h8-10,16H,3-7,15H2,1-2H3. The summed E-state index contributed by atoms with van der Waals surface area (Å²) in [5.41, 5.74) is 7.51. The van der Waals surface area contributed by atoms with Crippen LogP contribution >= 0.6 is 0 Å². The van der Waals surface area contributed by atoms with Gasteiger partial charge >= 0.3 is 0 Å². The summed E-state index contributed by atoms with van der Waals surface area (Å²) < 4.78 is 16.1. The van der Waals surface area contributed by atoms with Gasteiger partial charge in [0, 0.05) is 25.3 Å². The molecule has 1 aliphatic rings. The van der Waals surface area contributed by atoms with Gasteiger partial charge in [-0.25, -0.2) is 0 Å². The second-order valence-corrected chi connectivity index (χ2v) is 4.64. The quantitative estimate of drug-likeness (QED) is 0.773. The molecular weight excluding hydrogens is 244 g/mol. The summed E-state index contributed by atoms with van der Waals surface area (Å²) in [6.45, 7) is 1.73. The van der Waals surface area contributed by atoms with Gasteiger partial charge in [0.2, 0.25) is 0 Å². The van der Waals surface area contributed by atoms with Crippen molar-refractivity contribution < 1.29 is 14.2 Å². The maximum Gasteiger partial charge on any atom is 0.162 e. The minimum Gasteiger partial charge on any atom is -0.493 e. The Morgan fingerprint density at radius 3 is 2.68 bits per heavy atom. The molecule has 1 fully saturated rings. The van der Waals surface area contributed by atoms with Crippen molar-refractivity contribution in [1.29, 1.82) is 0 Å². The molecular formula is C14H22N2O3. The molecule has 1 unspecified atom stereocenters. The Bertz CT molecular complexity index is 417. The average Bonchev–Trinajstić information content (AvgIpc) is 2.93. The Labute approximate surface area is 114 Å². The lowest BCUT2D eigenvalue weighted by Gasteiger charge is -2.15. The number of nitrogen functional groups attached to an aromatic ring is 1. The number of rotatable bonds is 6. The highest BCUT2D eigenvalue weighted by Crippen LogP contribution is 2.34. The zero-order valence-electron chi connectivity index (χ0n) is 11.6. The fourth-order valence-corrected chi connectivity index (χ4v) is 2.29. The Morgan fingerprint density at radius 1 is 1.32 bits per heavy atom. The molecule has 0 aliphatic carbocycles. The van der Waals surface area contributed by atoms with Crippen molar-refractivity contribution in [2.45, 2.75) is 25.4 Å². The third kappa shape index (κ3) is 3.44. The van der Waals surface area contributed by atoms with E-state index in [4.69, 9.17) is 19.9 Å². The van der Waals surface area contributed by atoms with Crippen LogP contribution in [0.3, 0.4) is 0 Å². The van der Waals surface area contributed by atoms with Crippen molar-refractivity contribution in [1.82, 2.24) is 0 Å². The molecule has 2 rings (SSSR count). The summed E-state index contributed by atoms with van der Waals surface area (Å²) in [6.07, 6.45) is 3.70. The largest absolute Gasteiger partial charge is 0.493 e. The minimum atomic E-state index is 0.383. The van der Waals surface area contributed by atoms with Crippen molar-refractivity contribution in [3.63, 3.8) is 0 Å². The summed E-state index contributed by atoms with van der Waals surface area (Å²) in [6, 6.07) is 3.64. The zero-order chi connectivity index (χ0) is 13.7. The van der Waals surface area contributed by atoms with Crippen molar-refractivity contribution in [2.24, 2.45) is 0 Å². The van der Waals surface area contributed by atoms with Crippen LogP contribution in [-0.2, 0) is 4.74 Å². The number of hydrogen-bond donors (Lipinski definition) is 2. The van der Waals surface area contributed by atoms with Crippen LogP contribution in [0.2, 0.25) is 0 Å². The zero-order valence-corrected chi connectivity index (χ0v) is 11.6. The number of nitrogens with one attached hydrogen (secondary N) is 1. The second-order valence-electron chi connectivity index (χ2n) is 4.64. The highest BCUT2D eigenvalue weighted by atomic mass is 16.5. The molecule has 1 aromatic carbocycles. The SMILES string of the molecule is COc1cc(N)c(NCCC2CCCO2)cc1OC. The number of nitrogens with two attached hydrogens (primary N) is 1. The molecule has 5 nitrogen and oxygen atoms in total. The number of hydrogen-bond acceptors (Lipinski definition) is 5. The van der Waals surface area contributed by atoms with Crippen LogP contribution in [0.5, 0.6) is 11.5 Å². The minimum absolute atomic E-state index is 0.383. The van der Waals surface area contributed by atoms with E-state index in [1.165, 1.54) is 6.42 Å². The fourth-order valence-electron chi connectivity index (χ4n) is 2.29. The Kier molecular flexibility index (Phi) is 4.74. The highest BCUT2D eigenvalue weighted by molar-refractivity contribution is 5.72. The van der Waals surface area contributed by atoms with Crippen LogP contribution in [-0.4, -0.2) is 33.5 Å². The van der Waals surface area contributed by atoms with Crippen molar-refractivity contribution >= 4 is 11.4 Å². The molecule has 0 bridgehead atoms. The van der Waals surface area contributed by atoms with Gasteiger partial charge in [0.25, 0.3) is 0 Å². The molecule has 19 heavy (non-hydrogen) atoms. The van der Waals surface area contributed by atoms with Crippen molar-refractivity contribution in [3.05, 3.63) is 12.1 Å². The van der Waals surface area contributed by atoms with Gasteiger partial charge in [-0.3, -0.25) is 0 Å². The molecule has 1 aromatic rings. The third-order valence-corrected chi connectivity index (χ3v) is 3.36. The summed E-state index contributed by atoms with van der Waals surface area (Å²) in [4.78, 5) is 0. The molecule has 1 aliphatic heterocycles.